The smallest absolute Gasteiger partial charge is 0.342 e. The predicted molar refractivity (Wildman–Crippen MR) is 97.4 cm³/mol. The highest BCUT2D eigenvalue weighted by atomic mass is 16.5. The van der Waals surface area contributed by atoms with Crippen LogP contribution in [0.25, 0.3) is 0 Å². The minimum absolute atomic E-state index is 0.290. The summed E-state index contributed by atoms with van der Waals surface area (Å²) in [5.41, 5.74) is 2.85. The first-order chi connectivity index (χ1) is 12.6. The van der Waals surface area contributed by atoms with Crippen molar-refractivity contribution in [3.05, 3.63) is 89.2 Å². The molecular weight excluding hydrogens is 330 g/mol. The summed E-state index contributed by atoms with van der Waals surface area (Å²) in [7, 11) is 0. The molecule has 0 radical (unpaired) electrons. The van der Waals surface area contributed by atoms with Crippen molar-refractivity contribution in [3.63, 3.8) is 0 Å². The zero-order chi connectivity index (χ0) is 18.4. The van der Waals surface area contributed by atoms with Crippen molar-refractivity contribution >= 4 is 11.8 Å². The lowest BCUT2D eigenvalue weighted by atomic mass is 10.1. The molecule has 0 amide bonds. The van der Waals surface area contributed by atoms with E-state index in [0.717, 1.165) is 11.1 Å². The van der Waals surface area contributed by atoms with Gasteiger partial charge in [-0.3, -0.25) is 4.79 Å². The van der Waals surface area contributed by atoms with E-state index in [-0.39, 0.29) is 12.4 Å². The van der Waals surface area contributed by atoms with Gasteiger partial charge in [-0.1, -0.05) is 36.4 Å². The molecule has 0 fully saturated rings. The molecule has 0 aliphatic carbocycles. The number of rotatable bonds is 7. The molecule has 0 bridgehead atoms. The number of H-pyrrole nitrogens is 1. The average Bonchev–Trinajstić information content (AvgIpc) is 3.20. The molecule has 0 atom stereocenters. The Morgan fingerprint density at radius 1 is 0.962 bits per heavy atom. The van der Waals surface area contributed by atoms with E-state index in [0.29, 0.717) is 23.6 Å². The minimum atomic E-state index is -0.592. The lowest BCUT2D eigenvalue weighted by molar-refractivity contribution is 0.0469. The molecule has 5 heteroatoms. The lowest BCUT2D eigenvalue weighted by Crippen LogP contribution is -2.15. The Morgan fingerprint density at radius 3 is 2.50 bits per heavy atom. The number of ketones is 1. The zero-order valence-electron chi connectivity index (χ0n) is 14.4. The van der Waals surface area contributed by atoms with Crippen LogP contribution in [-0.2, 0) is 11.3 Å². The highest BCUT2D eigenvalue weighted by Crippen LogP contribution is 2.21. The summed E-state index contributed by atoms with van der Waals surface area (Å²) >= 11 is 0. The summed E-state index contributed by atoms with van der Waals surface area (Å²) in [6.07, 6.45) is 1.64. The molecule has 0 unspecified atom stereocenters. The molecule has 3 aromatic rings. The fourth-order valence-electron chi connectivity index (χ4n) is 2.48. The summed E-state index contributed by atoms with van der Waals surface area (Å²) in [4.78, 5) is 27.1. The van der Waals surface area contributed by atoms with Crippen LogP contribution in [0, 0.1) is 6.92 Å². The Morgan fingerprint density at radius 2 is 1.73 bits per heavy atom. The number of aromatic nitrogens is 1. The van der Waals surface area contributed by atoms with E-state index < -0.39 is 5.97 Å². The van der Waals surface area contributed by atoms with Gasteiger partial charge >= 0.3 is 5.97 Å². The number of aryl methyl sites for hydroxylation is 1. The monoisotopic (exact) mass is 349 g/mol. The van der Waals surface area contributed by atoms with E-state index >= 15 is 0 Å². The van der Waals surface area contributed by atoms with E-state index in [1.54, 1.807) is 42.6 Å². The number of esters is 1. The standard InChI is InChI=1S/C21H19NO4/c1-15-7-2-3-8-16(15)13-25-20-11-5-4-9-17(20)21(24)26-14-19(23)18-10-6-12-22-18/h2-12,22H,13-14H2,1H3. The first-order valence-electron chi connectivity index (χ1n) is 8.25. The molecule has 3 rings (SSSR count). The first-order valence-corrected chi connectivity index (χ1v) is 8.25. The van der Waals surface area contributed by atoms with Crippen LogP contribution in [0.3, 0.4) is 0 Å². The third kappa shape index (κ3) is 4.19. The largest absolute Gasteiger partial charge is 0.488 e. The van der Waals surface area contributed by atoms with Crippen LogP contribution in [0.15, 0.2) is 66.9 Å². The van der Waals surface area contributed by atoms with Crippen molar-refractivity contribution < 1.29 is 19.1 Å². The van der Waals surface area contributed by atoms with Crippen LogP contribution in [0.1, 0.15) is 32.0 Å². The minimum Gasteiger partial charge on any atom is -0.488 e. The van der Waals surface area contributed by atoms with Crippen molar-refractivity contribution in [1.82, 2.24) is 4.98 Å². The Balaban J connectivity index is 1.65. The summed E-state index contributed by atoms with van der Waals surface area (Å²) in [5, 5.41) is 0. The Kier molecular flexibility index (Phi) is 5.49. The third-order valence-electron chi connectivity index (χ3n) is 3.98. The maximum absolute atomic E-state index is 12.4. The molecule has 1 aromatic heterocycles. The summed E-state index contributed by atoms with van der Waals surface area (Å²) in [5.74, 6) is -0.458. The number of nitrogens with one attached hydrogen (secondary N) is 1. The average molecular weight is 349 g/mol. The molecule has 1 heterocycles. The van der Waals surface area contributed by atoms with Gasteiger partial charge in [-0.25, -0.2) is 4.79 Å². The molecule has 132 valence electrons. The highest BCUT2D eigenvalue weighted by Gasteiger charge is 2.16. The number of ether oxygens (including phenoxy) is 2. The summed E-state index contributed by atoms with van der Waals surface area (Å²) in [6, 6.07) is 18.1. The maximum atomic E-state index is 12.4. The maximum Gasteiger partial charge on any atom is 0.342 e. The van der Waals surface area contributed by atoms with Crippen molar-refractivity contribution in [3.8, 4) is 5.75 Å². The number of benzene rings is 2. The fraction of sp³-hybridized carbons (Fsp3) is 0.143. The second-order valence-electron chi connectivity index (χ2n) is 5.79. The first kappa shape index (κ1) is 17.5. The number of carbonyl (C=O) groups is 2. The number of para-hydroxylation sites is 1. The molecule has 5 nitrogen and oxygen atoms in total. The summed E-state index contributed by atoms with van der Waals surface area (Å²) < 4.78 is 11.0. The van der Waals surface area contributed by atoms with Crippen LogP contribution in [0.5, 0.6) is 5.75 Å². The van der Waals surface area contributed by atoms with Crippen LogP contribution in [-0.4, -0.2) is 23.3 Å². The second-order valence-corrected chi connectivity index (χ2v) is 5.79. The quantitative estimate of drug-likeness (QED) is 0.518. The SMILES string of the molecule is Cc1ccccc1COc1ccccc1C(=O)OCC(=O)c1ccc[nH]1. The third-order valence-corrected chi connectivity index (χ3v) is 3.98. The van der Waals surface area contributed by atoms with Gasteiger partial charge in [0.25, 0.3) is 0 Å². The number of aromatic amines is 1. The molecule has 2 aromatic carbocycles. The van der Waals surface area contributed by atoms with Gasteiger partial charge < -0.3 is 14.5 Å². The number of Topliss-reactive ketones (excluding diaryl/α,β-unsaturated/α-hetero) is 1. The molecule has 0 aliphatic rings. The van der Waals surface area contributed by atoms with E-state index in [9.17, 15) is 9.59 Å². The van der Waals surface area contributed by atoms with E-state index in [1.165, 1.54) is 0 Å². The van der Waals surface area contributed by atoms with Crippen LogP contribution in [0.4, 0.5) is 0 Å². The zero-order valence-corrected chi connectivity index (χ0v) is 14.4. The van der Waals surface area contributed by atoms with E-state index in [1.807, 2.05) is 31.2 Å². The summed E-state index contributed by atoms with van der Waals surface area (Å²) in [6.45, 7) is 2.02. The van der Waals surface area contributed by atoms with Gasteiger partial charge in [0.15, 0.2) is 6.61 Å². The molecule has 0 aliphatic heterocycles. The fourth-order valence-corrected chi connectivity index (χ4v) is 2.48. The molecule has 0 saturated heterocycles. The molecular formula is C21H19NO4. The lowest BCUT2D eigenvalue weighted by Gasteiger charge is -2.12. The van der Waals surface area contributed by atoms with Crippen LogP contribution >= 0.6 is 0 Å². The van der Waals surface area contributed by atoms with Crippen molar-refractivity contribution in [2.75, 3.05) is 6.61 Å². The highest BCUT2D eigenvalue weighted by molar-refractivity contribution is 5.98. The second kappa shape index (κ2) is 8.16. The molecule has 0 saturated carbocycles. The van der Waals surface area contributed by atoms with Gasteiger partial charge in [0.2, 0.25) is 5.78 Å². The van der Waals surface area contributed by atoms with Gasteiger partial charge in [0.05, 0.1) is 5.69 Å². The van der Waals surface area contributed by atoms with Gasteiger partial charge in [-0.2, -0.15) is 0 Å². The van der Waals surface area contributed by atoms with E-state index in [2.05, 4.69) is 4.98 Å². The van der Waals surface area contributed by atoms with Crippen molar-refractivity contribution in [1.29, 1.82) is 0 Å². The molecule has 26 heavy (non-hydrogen) atoms. The molecule has 0 spiro atoms. The predicted octanol–water partition coefficient (Wildman–Crippen LogP) is 3.94. The number of carbonyl (C=O) groups excluding carboxylic acids is 2. The van der Waals surface area contributed by atoms with Crippen molar-refractivity contribution in [2.24, 2.45) is 0 Å². The normalized spacial score (nSPS) is 10.3. The Bertz CT molecular complexity index is 900. The number of hydrogen-bond donors (Lipinski definition) is 1. The van der Waals surface area contributed by atoms with Gasteiger partial charge in [-0.15, -0.1) is 0 Å². The van der Waals surface area contributed by atoms with Gasteiger partial charge in [0, 0.05) is 6.20 Å². The topological polar surface area (TPSA) is 68.4 Å². The van der Waals surface area contributed by atoms with Gasteiger partial charge in [0.1, 0.15) is 17.9 Å². The number of hydrogen-bond acceptors (Lipinski definition) is 4. The van der Waals surface area contributed by atoms with Crippen LogP contribution < -0.4 is 4.74 Å². The molecule has 1 N–H and O–H groups in total. The van der Waals surface area contributed by atoms with E-state index in [4.69, 9.17) is 9.47 Å². The Labute approximate surface area is 151 Å². The van der Waals surface area contributed by atoms with Crippen molar-refractivity contribution in [2.45, 2.75) is 13.5 Å². The Hall–Kier alpha value is -3.34. The van der Waals surface area contributed by atoms with Crippen LogP contribution in [0.2, 0.25) is 0 Å². The van der Waals surface area contributed by atoms with Gasteiger partial charge in [-0.05, 0) is 42.3 Å².